The van der Waals surface area contributed by atoms with Crippen molar-refractivity contribution in [2.45, 2.75) is 26.9 Å². The molecule has 0 bridgehead atoms. The van der Waals surface area contributed by atoms with E-state index < -0.39 is 28.7 Å². The maximum Gasteiger partial charge on any atom is 0.352 e. The summed E-state index contributed by atoms with van der Waals surface area (Å²) in [5.74, 6) is -0.839. The lowest BCUT2D eigenvalue weighted by Gasteiger charge is -2.13. The number of amides is 1. The van der Waals surface area contributed by atoms with Crippen molar-refractivity contribution in [2.24, 2.45) is 0 Å². The second-order valence-electron chi connectivity index (χ2n) is 7.62. The van der Waals surface area contributed by atoms with E-state index >= 15 is 0 Å². The van der Waals surface area contributed by atoms with Gasteiger partial charge in [0.2, 0.25) is 5.69 Å². The monoisotopic (exact) mass is 448 g/mol. The third-order valence-electron chi connectivity index (χ3n) is 5.14. The molecule has 2 aromatic heterocycles. The van der Waals surface area contributed by atoms with Gasteiger partial charge in [0, 0.05) is 6.07 Å². The van der Waals surface area contributed by atoms with Gasteiger partial charge in [-0.1, -0.05) is 35.9 Å². The summed E-state index contributed by atoms with van der Waals surface area (Å²) in [6, 6.07) is 14.7. The minimum absolute atomic E-state index is 0.0310. The highest BCUT2D eigenvalue weighted by atomic mass is 19.1. The molecule has 9 heteroatoms. The van der Waals surface area contributed by atoms with E-state index in [1.807, 2.05) is 19.1 Å². The Morgan fingerprint density at radius 2 is 1.85 bits per heavy atom. The first-order chi connectivity index (χ1) is 15.8. The molecule has 168 valence electrons. The first-order valence-corrected chi connectivity index (χ1v) is 10.2. The van der Waals surface area contributed by atoms with E-state index in [-0.39, 0.29) is 18.8 Å². The third-order valence-corrected chi connectivity index (χ3v) is 5.14. The van der Waals surface area contributed by atoms with Gasteiger partial charge < -0.3 is 9.73 Å². The normalized spacial score (nSPS) is 10.9. The van der Waals surface area contributed by atoms with Crippen molar-refractivity contribution in [1.29, 1.82) is 0 Å². The molecule has 0 fully saturated rings. The van der Waals surface area contributed by atoms with Crippen LogP contribution in [-0.4, -0.2) is 20.3 Å². The second kappa shape index (κ2) is 9.07. The fraction of sp³-hybridized carbons (Fsp3) is 0.167. The van der Waals surface area contributed by atoms with Crippen molar-refractivity contribution in [3.8, 4) is 5.69 Å². The topological polar surface area (TPSA) is 99.1 Å². The summed E-state index contributed by atoms with van der Waals surface area (Å²) in [6.45, 7) is 3.46. The molecule has 0 unspecified atom stereocenters. The van der Waals surface area contributed by atoms with E-state index in [1.54, 1.807) is 31.2 Å². The van der Waals surface area contributed by atoms with Crippen LogP contribution in [0.5, 0.6) is 0 Å². The van der Waals surface area contributed by atoms with Crippen molar-refractivity contribution in [2.75, 3.05) is 0 Å². The number of furan rings is 1. The van der Waals surface area contributed by atoms with Gasteiger partial charge in [0.05, 0.1) is 25.0 Å². The molecule has 8 nitrogen and oxygen atoms in total. The molecule has 1 N–H and O–H groups in total. The van der Waals surface area contributed by atoms with Crippen molar-refractivity contribution < 1.29 is 13.6 Å². The van der Waals surface area contributed by atoms with Gasteiger partial charge in [-0.05, 0) is 43.2 Å². The van der Waals surface area contributed by atoms with Crippen molar-refractivity contribution in [3.63, 3.8) is 0 Å². The molecule has 2 heterocycles. The number of hydrogen-bond acceptors (Lipinski definition) is 5. The van der Waals surface area contributed by atoms with Crippen molar-refractivity contribution in [1.82, 2.24) is 19.7 Å². The van der Waals surface area contributed by atoms with Gasteiger partial charge in [-0.2, -0.15) is 9.78 Å². The van der Waals surface area contributed by atoms with E-state index in [0.29, 0.717) is 16.9 Å². The number of benzene rings is 2. The van der Waals surface area contributed by atoms with E-state index in [1.165, 1.54) is 18.4 Å². The number of nitrogens with one attached hydrogen (secondary N) is 1. The van der Waals surface area contributed by atoms with Gasteiger partial charge in [-0.3, -0.25) is 14.2 Å². The summed E-state index contributed by atoms with van der Waals surface area (Å²) in [4.78, 5) is 39.1. The molecule has 0 spiro atoms. The Balaban J connectivity index is 1.81. The predicted molar refractivity (Wildman–Crippen MR) is 119 cm³/mol. The molecule has 33 heavy (non-hydrogen) atoms. The largest absolute Gasteiger partial charge is 0.467 e. The molecule has 0 radical (unpaired) electrons. The van der Waals surface area contributed by atoms with Gasteiger partial charge in [0.15, 0.2) is 0 Å². The van der Waals surface area contributed by atoms with Crippen LogP contribution in [0.1, 0.15) is 32.9 Å². The van der Waals surface area contributed by atoms with Crippen molar-refractivity contribution >= 4 is 5.91 Å². The number of halogens is 1. The SMILES string of the molecule is Cc1ccc(Cn2c(=O)c(C(=O)NCc3ccco3)nn(-c3ccc(C)c(F)c3)c2=O)cc1. The van der Waals surface area contributed by atoms with E-state index in [2.05, 4.69) is 10.4 Å². The molecule has 4 aromatic rings. The minimum Gasteiger partial charge on any atom is -0.467 e. The first kappa shape index (κ1) is 21.9. The number of aromatic nitrogens is 3. The summed E-state index contributed by atoms with van der Waals surface area (Å²) in [6.07, 6.45) is 1.46. The number of hydrogen-bond donors (Lipinski definition) is 1. The zero-order valence-electron chi connectivity index (χ0n) is 18.0. The van der Waals surface area contributed by atoms with Crippen LogP contribution in [0.2, 0.25) is 0 Å². The molecule has 0 aliphatic rings. The van der Waals surface area contributed by atoms with E-state index in [0.717, 1.165) is 20.9 Å². The molecule has 0 atom stereocenters. The highest BCUT2D eigenvalue weighted by Gasteiger charge is 2.21. The Morgan fingerprint density at radius 3 is 2.52 bits per heavy atom. The van der Waals surface area contributed by atoms with Crippen molar-refractivity contribution in [3.05, 3.63) is 116 Å². The Labute approximate surface area is 187 Å². The van der Waals surface area contributed by atoms with Crippen LogP contribution < -0.4 is 16.6 Å². The lowest BCUT2D eigenvalue weighted by Crippen LogP contribution is -2.46. The van der Waals surface area contributed by atoms with Gasteiger partial charge in [-0.25, -0.2) is 9.18 Å². The second-order valence-corrected chi connectivity index (χ2v) is 7.62. The lowest BCUT2D eigenvalue weighted by molar-refractivity contribution is 0.0938. The van der Waals surface area contributed by atoms with Gasteiger partial charge in [0.1, 0.15) is 11.6 Å². The number of nitrogens with zero attached hydrogens (tertiary/aromatic N) is 3. The van der Waals surface area contributed by atoms with Gasteiger partial charge in [0.25, 0.3) is 11.5 Å². The van der Waals surface area contributed by atoms with Crippen LogP contribution in [0.15, 0.2) is 74.9 Å². The predicted octanol–water partition coefficient (Wildman–Crippen LogP) is 2.72. The molecular weight excluding hydrogens is 427 g/mol. The lowest BCUT2D eigenvalue weighted by atomic mass is 10.1. The summed E-state index contributed by atoms with van der Waals surface area (Å²) in [5.41, 5.74) is 0.0694. The molecular formula is C24H21FN4O4. The Hall–Kier alpha value is -4.27. The molecule has 0 saturated heterocycles. The average Bonchev–Trinajstić information content (AvgIpc) is 3.32. The zero-order chi connectivity index (χ0) is 23.5. The highest BCUT2D eigenvalue weighted by Crippen LogP contribution is 2.11. The molecule has 0 aliphatic carbocycles. The quantitative estimate of drug-likeness (QED) is 0.489. The van der Waals surface area contributed by atoms with Gasteiger partial charge >= 0.3 is 5.69 Å². The summed E-state index contributed by atoms with van der Waals surface area (Å²) < 4.78 is 21.2. The minimum atomic E-state index is -0.846. The Morgan fingerprint density at radius 1 is 1.09 bits per heavy atom. The highest BCUT2D eigenvalue weighted by molar-refractivity contribution is 5.91. The number of aryl methyl sites for hydroxylation is 2. The maximum absolute atomic E-state index is 14.2. The molecule has 2 aromatic carbocycles. The van der Waals surface area contributed by atoms with E-state index in [4.69, 9.17) is 4.42 Å². The Bertz CT molecular complexity index is 1420. The Kier molecular flexibility index (Phi) is 6.03. The number of carbonyl (C=O) groups excluding carboxylic acids is 1. The summed E-state index contributed by atoms with van der Waals surface area (Å²) >= 11 is 0. The van der Waals surface area contributed by atoms with Crippen LogP contribution >= 0.6 is 0 Å². The number of carbonyl (C=O) groups is 1. The van der Waals surface area contributed by atoms with Gasteiger partial charge in [-0.15, -0.1) is 0 Å². The smallest absolute Gasteiger partial charge is 0.352 e. The summed E-state index contributed by atoms with van der Waals surface area (Å²) in [5, 5.41) is 6.55. The third kappa shape index (κ3) is 4.67. The fourth-order valence-electron chi connectivity index (χ4n) is 3.22. The van der Waals surface area contributed by atoms with Crippen LogP contribution in [0.25, 0.3) is 5.69 Å². The van der Waals surface area contributed by atoms with E-state index in [9.17, 15) is 18.8 Å². The molecule has 0 aliphatic heterocycles. The fourth-order valence-corrected chi connectivity index (χ4v) is 3.22. The molecule has 1 amide bonds. The molecule has 4 rings (SSSR count). The summed E-state index contributed by atoms with van der Waals surface area (Å²) in [7, 11) is 0. The standard InChI is InChI=1S/C24H21FN4O4/c1-15-5-8-17(9-6-15)14-28-23(31)21(22(30)26-13-19-4-3-11-33-19)27-29(24(28)32)18-10-7-16(2)20(25)12-18/h3-12H,13-14H2,1-2H3,(H,26,30). The number of rotatable bonds is 6. The van der Waals surface area contributed by atoms with Crippen LogP contribution in [-0.2, 0) is 13.1 Å². The maximum atomic E-state index is 14.2. The zero-order valence-corrected chi connectivity index (χ0v) is 18.0. The average molecular weight is 448 g/mol. The van der Waals surface area contributed by atoms with Crippen LogP contribution in [0, 0.1) is 19.7 Å². The van der Waals surface area contributed by atoms with Crippen LogP contribution in [0.3, 0.4) is 0 Å². The van der Waals surface area contributed by atoms with Crippen LogP contribution in [0.4, 0.5) is 4.39 Å². The first-order valence-electron chi connectivity index (χ1n) is 10.2. The molecule has 0 saturated carbocycles.